The van der Waals surface area contributed by atoms with Gasteiger partial charge in [-0.2, -0.15) is 0 Å². The quantitative estimate of drug-likeness (QED) is 0.279. The molecule has 4 fully saturated rings. The highest BCUT2D eigenvalue weighted by molar-refractivity contribution is 6.19. The van der Waals surface area contributed by atoms with E-state index in [9.17, 15) is 0 Å². The molecule has 0 N–H and O–H groups in total. The predicted molar refractivity (Wildman–Crippen MR) is 128 cm³/mol. The fraction of sp³-hybridized carbons (Fsp3) is 0.379. The highest BCUT2D eigenvalue weighted by Crippen LogP contribution is 2.63. The average Bonchev–Trinajstić information content (AvgIpc) is 3.27. The number of hydrogen-bond acceptors (Lipinski definition) is 1. The fourth-order valence-corrected chi connectivity index (χ4v) is 8.41. The molecule has 154 valence electrons. The lowest BCUT2D eigenvalue weighted by Crippen LogP contribution is -2.48. The third kappa shape index (κ3) is 2.04. The summed E-state index contributed by atoms with van der Waals surface area (Å²) < 4.78 is 9.14. The molecule has 4 aliphatic rings. The highest BCUT2D eigenvalue weighted by atomic mass is 16.3. The maximum absolute atomic E-state index is 6.73. The minimum Gasteiger partial charge on any atom is -0.456 e. The number of aromatic nitrogens is 1. The van der Waals surface area contributed by atoms with Crippen molar-refractivity contribution in [3.63, 3.8) is 0 Å². The van der Waals surface area contributed by atoms with E-state index in [-0.39, 0.29) is 5.41 Å². The zero-order chi connectivity index (χ0) is 20.3. The molecule has 0 radical (unpaired) electrons. The van der Waals surface area contributed by atoms with Gasteiger partial charge in [0.15, 0.2) is 0 Å². The lowest BCUT2D eigenvalue weighted by molar-refractivity contribution is -0.00415. The van der Waals surface area contributed by atoms with Gasteiger partial charge in [-0.15, -0.1) is 0 Å². The van der Waals surface area contributed by atoms with Crippen molar-refractivity contribution in [3.05, 3.63) is 60.2 Å². The average molecular weight is 406 g/mol. The SMILES string of the molecule is Cn1c2ccccc2c2c(C34CC5CC(CC(C5)C3)C4)c3oc4ccccc4c3cc21. The van der Waals surface area contributed by atoms with Crippen molar-refractivity contribution in [1.82, 2.24) is 4.57 Å². The van der Waals surface area contributed by atoms with Crippen LogP contribution in [0.15, 0.2) is 59.0 Å². The maximum Gasteiger partial charge on any atom is 0.139 e. The molecule has 0 saturated heterocycles. The summed E-state index contributed by atoms with van der Waals surface area (Å²) in [6.07, 6.45) is 8.46. The monoisotopic (exact) mass is 405 g/mol. The van der Waals surface area contributed by atoms with Crippen LogP contribution >= 0.6 is 0 Å². The number of hydrogen-bond donors (Lipinski definition) is 0. The summed E-state index contributed by atoms with van der Waals surface area (Å²) in [5.74, 6) is 2.74. The Bertz CT molecular complexity index is 1500. The zero-order valence-electron chi connectivity index (χ0n) is 18.0. The summed E-state index contributed by atoms with van der Waals surface area (Å²) in [4.78, 5) is 0. The Kier molecular flexibility index (Phi) is 3.02. The summed E-state index contributed by atoms with van der Waals surface area (Å²) in [5.41, 5.74) is 6.73. The van der Waals surface area contributed by atoms with Crippen molar-refractivity contribution in [1.29, 1.82) is 0 Å². The first-order valence-corrected chi connectivity index (χ1v) is 12.0. The molecule has 2 heteroatoms. The number of fused-ring (bicyclic) bond motifs is 6. The van der Waals surface area contributed by atoms with Crippen molar-refractivity contribution < 1.29 is 4.42 Å². The second kappa shape index (κ2) is 5.54. The van der Waals surface area contributed by atoms with E-state index in [0.29, 0.717) is 0 Å². The Morgan fingerprint density at radius 3 is 2.16 bits per heavy atom. The summed E-state index contributed by atoms with van der Waals surface area (Å²) in [6.45, 7) is 0. The van der Waals surface area contributed by atoms with Crippen LogP contribution in [0, 0.1) is 17.8 Å². The topological polar surface area (TPSA) is 18.1 Å². The van der Waals surface area contributed by atoms with E-state index in [1.54, 1.807) is 5.56 Å². The number of aryl methyl sites for hydroxylation is 1. The van der Waals surface area contributed by atoms with E-state index in [4.69, 9.17) is 4.42 Å². The van der Waals surface area contributed by atoms with Crippen LogP contribution in [0.1, 0.15) is 44.1 Å². The summed E-state index contributed by atoms with van der Waals surface area (Å²) >= 11 is 0. The van der Waals surface area contributed by atoms with Gasteiger partial charge in [0.25, 0.3) is 0 Å². The van der Waals surface area contributed by atoms with E-state index in [2.05, 4.69) is 66.2 Å². The third-order valence-electron chi connectivity index (χ3n) is 9.11. The molecule has 0 unspecified atom stereocenters. The molecule has 4 bridgehead atoms. The van der Waals surface area contributed by atoms with Crippen LogP contribution < -0.4 is 0 Å². The minimum absolute atomic E-state index is 0.282. The van der Waals surface area contributed by atoms with Gasteiger partial charge in [0.1, 0.15) is 11.2 Å². The van der Waals surface area contributed by atoms with Gasteiger partial charge < -0.3 is 8.98 Å². The van der Waals surface area contributed by atoms with E-state index < -0.39 is 0 Å². The molecule has 2 heterocycles. The smallest absolute Gasteiger partial charge is 0.139 e. The fourth-order valence-electron chi connectivity index (χ4n) is 8.41. The number of para-hydroxylation sites is 2. The number of furan rings is 1. The van der Waals surface area contributed by atoms with Crippen LogP contribution in [0.4, 0.5) is 0 Å². The number of benzene rings is 3. The molecular weight excluding hydrogens is 378 g/mol. The van der Waals surface area contributed by atoms with Gasteiger partial charge in [0, 0.05) is 45.1 Å². The molecule has 0 spiro atoms. The van der Waals surface area contributed by atoms with E-state index in [1.165, 1.54) is 76.7 Å². The van der Waals surface area contributed by atoms with E-state index in [0.717, 1.165) is 23.3 Å². The Labute approximate surface area is 181 Å². The van der Waals surface area contributed by atoms with Crippen molar-refractivity contribution in [2.45, 2.75) is 43.9 Å². The molecule has 0 amide bonds. The van der Waals surface area contributed by atoms with Gasteiger partial charge in [-0.25, -0.2) is 0 Å². The van der Waals surface area contributed by atoms with Crippen LogP contribution in [0.5, 0.6) is 0 Å². The van der Waals surface area contributed by atoms with Gasteiger partial charge in [-0.05, 0) is 74.5 Å². The van der Waals surface area contributed by atoms with Gasteiger partial charge in [0.05, 0.1) is 5.52 Å². The second-order valence-electron chi connectivity index (χ2n) is 10.9. The van der Waals surface area contributed by atoms with Crippen LogP contribution in [0.3, 0.4) is 0 Å². The molecule has 5 aromatic rings. The van der Waals surface area contributed by atoms with E-state index in [1.807, 2.05) is 0 Å². The Morgan fingerprint density at radius 2 is 1.42 bits per heavy atom. The summed E-state index contributed by atoms with van der Waals surface area (Å²) in [5, 5.41) is 5.43. The van der Waals surface area contributed by atoms with Crippen molar-refractivity contribution in [2.75, 3.05) is 0 Å². The second-order valence-corrected chi connectivity index (χ2v) is 10.9. The van der Waals surface area contributed by atoms with Crippen LogP contribution in [0.25, 0.3) is 43.7 Å². The Morgan fingerprint density at radius 1 is 0.774 bits per heavy atom. The van der Waals surface area contributed by atoms with Gasteiger partial charge >= 0.3 is 0 Å². The standard InChI is InChI=1S/C29H27NO/c1-30-23-8-4-2-7-21(23)26-24(30)13-22-20-6-3-5-9-25(20)31-28(22)27(26)29-14-17-10-18(15-29)12-19(11-17)16-29/h2-9,13,17-19H,10-12,14-16H2,1H3. The van der Waals surface area contributed by atoms with E-state index >= 15 is 0 Å². The lowest BCUT2D eigenvalue weighted by atomic mass is 9.47. The molecule has 4 saturated carbocycles. The zero-order valence-corrected chi connectivity index (χ0v) is 18.0. The summed E-state index contributed by atoms with van der Waals surface area (Å²) in [7, 11) is 2.24. The molecule has 0 atom stereocenters. The molecule has 0 aliphatic heterocycles. The molecular formula is C29H27NO. The molecule has 3 aromatic carbocycles. The van der Waals surface area contributed by atoms with Gasteiger partial charge in [0.2, 0.25) is 0 Å². The van der Waals surface area contributed by atoms with Crippen LogP contribution in [-0.2, 0) is 12.5 Å². The van der Waals surface area contributed by atoms with Gasteiger partial charge in [-0.1, -0.05) is 36.4 Å². The Hall–Kier alpha value is -2.74. The van der Waals surface area contributed by atoms with Crippen molar-refractivity contribution in [2.24, 2.45) is 24.8 Å². The third-order valence-corrected chi connectivity index (χ3v) is 9.11. The van der Waals surface area contributed by atoms with Crippen LogP contribution in [-0.4, -0.2) is 4.57 Å². The van der Waals surface area contributed by atoms with Gasteiger partial charge in [-0.3, -0.25) is 0 Å². The normalized spacial score (nSPS) is 29.8. The first-order chi connectivity index (χ1) is 15.2. The van der Waals surface area contributed by atoms with Crippen molar-refractivity contribution >= 4 is 43.7 Å². The maximum atomic E-state index is 6.73. The molecule has 9 rings (SSSR count). The Balaban J connectivity index is 1.60. The van der Waals surface area contributed by atoms with Crippen LogP contribution in [0.2, 0.25) is 0 Å². The lowest BCUT2D eigenvalue weighted by Gasteiger charge is -2.57. The predicted octanol–water partition coefficient (Wildman–Crippen LogP) is 7.70. The minimum atomic E-state index is 0.282. The molecule has 31 heavy (non-hydrogen) atoms. The largest absolute Gasteiger partial charge is 0.456 e. The highest BCUT2D eigenvalue weighted by Gasteiger charge is 2.53. The number of rotatable bonds is 1. The number of nitrogens with zero attached hydrogens (tertiary/aromatic N) is 1. The first kappa shape index (κ1) is 16.9. The molecule has 4 aliphatic carbocycles. The molecule has 2 nitrogen and oxygen atoms in total. The summed E-state index contributed by atoms with van der Waals surface area (Å²) in [6, 6.07) is 20.0. The van der Waals surface area contributed by atoms with Crippen molar-refractivity contribution in [3.8, 4) is 0 Å². The molecule has 2 aromatic heterocycles. The first-order valence-electron chi connectivity index (χ1n) is 12.0.